The molecule has 20 heteroatoms. The van der Waals surface area contributed by atoms with Crippen molar-refractivity contribution >= 4 is 80.3 Å². The van der Waals surface area contributed by atoms with Crippen molar-refractivity contribution in [3.63, 3.8) is 0 Å². The van der Waals surface area contributed by atoms with Gasteiger partial charge in [0.25, 0.3) is 11.8 Å². The van der Waals surface area contributed by atoms with Gasteiger partial charge in [0.1, 0.15) is 11.6 Å². The predicted octanol–water partition coefficient (Wildman–Crippen LogP) is 10.3. The van der Waals surface area contributed by atoms with E-state index in [9.17, 15) is 9.59 Å². The van der Waals surface area contributed by atoms with E-state index < -0.39 is 0 Å². The number of pyridine rings is 4. The zero-order chi connectivity index (χ0) is 53.0. The van der Waals surface area contributed by atoms with E-state index in [4.69, 9.17) is 77.8 Å². The number of imidazole rings is 2. The monoisotopic (exact) mass is 1110 g/mol. The number of halogens is 4. The summed E-state index contributed by atoms with van der Waals surface area (Å²) in [6, 6.07) is 24.7. The number of nitrogens with zero attached hydrogens (tertiary/aromatic N) is 8. The highest BCUT2D eigenvalue weighted by atomic mass is 35.5. The molecule has 2 atom stereocenters. The van der Waals surface area contributed by atoms with Gasteiger partial charge in [0, 0.05) is 76.4 Å². The number of para-hydroxylation sites is 4. The molecule has 2 aromatic carbocycles. The number of carbonyl (C=O) groups is 2. The third-order valence-corrected chi connectivity index (χ3v) is 14.8. The molecule has 6 heterocycles. The fraction of sp³-hybridized carbons (Fsp3) is 0.298. The molecule has 16 nitrogen and oxygen atoms in total. The lowest BCUT2D eigenvalue weighted by atomic mass is 9.90. The normalized spacial score (nSPS) is 15.4. The Labute approximate surface area is 468 Å². The summed E-state index contributed by atoms with van der Waals surface area (Å²) in [7, 11) is 0. The summed E-state index contributed by atoms with van der Waals surface area (Å²) in [5.74, 6) is 1.05. The average Bonchev–Trinajstić information content (AvgIpc) is 4.06. The van der Waals surface area contributed by atoms with Crippen LogP contribution in [0.2, 0.25) is 20.1 Å². The number of hydrogen-bond acceptors (Lipinski definition) is 12. The third kappa shape index (κ3) is 14.1. The van der Waals surface area contributed by atoms with E-state index in [1.807, 2.05) is 73.1 Å². The molecule has 10 rings (SSSR count). The Hall–Kier alpha value is -6.60. The van der Waals surface area contributed by atoms with E-state index in [2.05, 4.69) is 64.7 Å². The Morgan fingerprint density at radius 2 is 1.00 bits per heavy atom. The number of hydrogen-bond donors (Lipinski definition) is 6. The summed E-state index contributed by atoms with van der Waals surface area (Å²) in [4.78, 5) is 64.1. The highest BCUT2D eigenvalue weighted by Gasteiger charge is 2.29. The van der Waals surface area contributed by atoms with E-state index in [1.165, 1.54) is 35.9 Å². The molecule has 0 unspecified atom stereocenters. The first-order valence-corrected chi connectivity index (χ1v) is 26.7. The molecule has 0 saturated heterocycles. The van der Waals surface area contributed by atoms with E-state index in [0.29, 0.717) is 39.3 Å². The zero-order valence-corrected chi connectivity index (χ0v) is 44.7. The maximum absolute atomic E-state index is 12.7. The van der Waals surface area contributed by atoms with E-state index >= 15 is 0 Å². The number of amides is 2. The van der Waals surface area contributed by atoms with Gasteiger partial charge < -0.3 is 32.1 Å². The fourth-order valence-corrected chi connectivity index (χ4v) is 10.9. The van der Waals surface area contributed by atoms with Crippen LogP contribution in [0.1, 0.15) is 100 Å². The Morgan fingerprint density at radius 3 is 1.39 bits per heavy atom. The average molecular weight is 1120 g/mol. The van der Waals surface area contributed by atoms with E-state index in [0.717, 1.165) is 94.8 Å². The number of carbonyl (C=O) groups excluding carboxylic acids is 2. The number of fused-ring (bicyclic) bond motifs is 4. The van der Waals surface area contributed by atoms with Crippen molar-refractivity contribution in [2.75, 3.05) is 39.3 Å². The molecule has 2 aliphatic carbocycles. The van der Waals surface area contributed by atoms with E-state index in [-0.39, 0.29) is 75.6 Å². The van der Waals surface area contributed by atoms with Crippen LogP contribution >= 0.6 is 46.4 Å². The first-order valence-electron chi connectivity index (χ1n) is 25.2. The van der Waals surface area contributed by atoms with Crippen LogP contribution in [0, 0.1) is 0 Å². The van der Waals surface area contributed by atoms with Crippen molar-refractivity contribution in [2.24, 2.45) is 11.5 Å². The van der Waals surface area contributed by atoms with Gasteiger partial charge in [-0.2, -0.15) is 0 Å². The quantitative estimate of drug-likeness (QED) is 0.0442. The topological polar surface area (TPSA) is 226 Å². The summed E-state index contributed by atoms with van der Waals surface area (Å²) >= 11 is 24.6. The highest BCUT2D eigenvalue weighted by Crippen LogP contribution is 2.35. The zero-order valence-electron chi connectivity index (χ0n) is 41.7. The molecular weight excluding hydrogens is 1050 g/mol. The molecule has 6 aromatic heterocycles. The Morgan fingerprint density at radius 1 is 0.597 bits per heavy atom. The lowest BCUT2D eigenvalue weighted by Gasteiger charge is -2.34. The van der Waals surface area contributed by atoms with Gasteiger partial charge in [0.2, 0.25) is 0 Å². The first kappa shape index (κ1) is 56.6. The second-order valence-electron chi connectivity index (χ2n) is 18.6. The van der Waals surface area contributed by atoms with Crippen molar-refractivity contribution in [1.82, 2.24) is 60.3 Å². The van der Waals surface area contributed by atoms with Crippen molar-refractivity contribution in [2.45, 2.75) is 71.1 Å². The second kappa shape index (κ2) is 27.1. The van der Waals surface area contributed by atoms with Gasteiger partial charge in [-0.1, -0.05) is 102 Å². The van der Waals surface area contributed by atoms with E-state index in [1.54, 1.807) is 0 Å². The third-order valence-electron chi connectivity index (χ3n) is 13.7. The Balaban J connectivity index is 0.000000201. The number of aryl methyl sites for hydroxylation is 2. The fourth-order valence-electron chi connectivity index (χ4n) is 9.80. The molecule has 2 aliphatic rings. The lowest BCUT2D eigenvalue weighted by molar-refractivity contribution is 0.0949. The summed E-state index contributed by atoms with van der Waals surface area (Å²) < 4.78 is 0. The lowest BCUT2D eigenvalue weighted by Crippen LogP contribution is -2.33. The smallest absolute Gasteiger partial charge is 0.254 e. The molecule has 0 aliphatic heterocycles. The molecule has 0 bridgehead atoms. The molecule has 77 heavy (non-hydrogen) atoms. The second-order valence-corrected chi connectivity index (χ2v) is 20.3. The molecule has 0 spiro atoms. The van der Waals surface area contributed by atoms with Crippen LogP contribution in [0.15, 0.2) is 133 Å². The van der Waals surface area contributed by atoms with Gasteiger partial charge in [-0.05, 0) is 97.2 Å². The standard InChI is InChI=1S/2C28H29Cl2N7O.CH4/c2*29-20-15-32-16-21(30)26(20)28(38)34-14-18(13-31)10-12-37(17-25-35-22-7-1-2-8-23(22)36-25)24-9-3-5-19-6-4-11-33-27(19)24;/h2*1-2,4,6-8,10-11,15-16,24H,3,5,9,12-14,17,31H2,(H,34,38)(H,35,36);1H4/b18-10+;18-10-;/t2*24-;/m00./s1. The number of nitrogens with one attached hydrogen (secondary N) is 4. The van der Waals surface area contributed by atoms with Crippen LogP contribution in [-0.2, 0) is 25.9 Å². The van der Waals surface area contributed by atoms with Crippen molar-refractivity contribution in [3.8, 4) is 0 Å². The summed E-state index contributed by atoms with van der Waals surface area (Å²) in [5, 5.41) is 6.58. The number of aromatic amines is 2. The minimum atomic E-state index is -0.369. The van der Waals surface area contributed by atoms with Gasteiger partial charge in [0.05, 0.1) is 89.8 Å². The Bertz CT molecular complexity index is 3050. The van der Waals surface area contributed by atoms with Crippen LogP contribution in [0.3, 0.4) is 0 Å². The number of nitrogens with two attached hydrogens (primary N) is 2. The van der Waals surface area contributed by atoms with Gasteiger partial charge in [-0.3, -0.25) is 39.3 Å². The first-order chi connectivity index (χ1) is 37.1. The molecule has 8 aromatic rings. The molecule has 0 saturated carbocycles. The van der Waals surface area contributed by atoms with Crippen LogP contribution in [0.5, 0.6) is 0 Å². The number of benzene rings is 2. The molecule has 400 valence electrons. The number of H-pyrrole nitrogens is 2. The van der Waals surface area contributed by atoms with Gasteiger partial charge in [-0.25, -0.2) is 9.97 Å². The summed E-state index contributed by atoms with van der Waals surface area (Å²) in [5.41, 5.74) is 23.1. The molecule has 8 N–H and O–H groups in total. The minimum absolute atomic E-state index is 0. The molecule has 0 fully saturated rings. The van der Waals surface area contributed by atoms with Crippen molar-refractivity contribution < 1.29 is 9.59 Å². The van der Waals surface area contributed by atoms with Crippen molar-refractivity contribution in [1.29, 1.82) is 0 Å². The molecular formula is C57H62Cl4N14O2. The largest absolute Gasteiger partial charge is 0.348 e. The van der Waals surface area contributed by atoms with Gasteiger partial charge in [-0.15, -0.1) is 0 Å². The van der Waals surface area contributed by atoms with Crippen molar-refractivity contribution in [3.05, 3.63) is 199 Å². The van der Waals surface area contributed by atoms with Crippen LogP contribution in [-0.4, -0.2) is 101 Å². The predicted molar refractivity (Wildman–Crippen MR) is 307 cm³/mol. The maximum atomic E-state index is 12.7. The Kier molecular flexibility index (Phi) is 19.9. The summed E-state index contributed by atoms with van der Waals surface area (Å²) in [6.45, 7) is 3.65. The maximum Gasteiger partial charge on any atom is 0.254 e. The highest BCUT2D eigenvalue weighted by molar-refractivity contribution is 6.40. The summed E-state index contributed by atoms with van der Waals surface area (Å²) in [6.07, 6.45) is 19.7. The molecule has 2 amide bonds. The van der Waals surface area contributed by atoms with Gasteiger partial charge >= 0.3 is 0 Å². The van der Waals surface area contributed by atoms with Crippen LogP contribution in [0.4, 0.5) is 0 Å². The van der Waals surface area contributed by atoms with Gasteiger partial charge in [0.15, 0.2) is 0 Å². The number of aromatic nitrogens is 8. The minimum Gasteiger partial charge on any atom is -0.348 e. The molecule has 0 radical (unpaired) electrons. The number of rotatable bonds is 18. The van der Waals surface area contributed by atoms with Crippen LogP contribution in [0.25, 0.3) is 22.1 Å². The van der Waals surface area contributed by atoms with Crippen LogP contribution < -0.4 is 22.1 Å². The SMILES string of the molecule is C.NC/C(=C/CN(Cc1nc2ccccc2[nH]1)[C@H]1CCCc2cccnc21)CNC(=O)c1c(Cl)cncc1Cl.NC/C(=C\CN(Cc1nc2ccccc2[nH]1)[C@H]1CCCc2cccnc21)CNC(=O)c1c(Cl)cncc1Cl.